The molecule has 1 aromatic heterocycles. The molecule has 20 heavy (non-hydrogen) atoms. The predicted octanol–water partition coefficient (Wildman–Crippen LogP) is 3.24. The lowest BCUT2D eigenvalue weighted by atomic mass is 10.1. The van der Waals surface area contributed by atoms with E-state index in [1.54, 1.807) is 6.20 Å². The fourth-order valence-electron chi connectivity index (χ4n) is 1.90. The average Bonchev–Trinajstić information content (AvgIpc) is 2.47. The SMILES string of the molecule is CCOCc1ccccc1CNc1cnc(C)c(C)n1. The Morgan fingerprint density at radius 1 is 1.10 bits per heavy atom. The molecule has 0 unspecified atom stereocenters. The van der Waals surface area contributed by atoms with Crippen LogP contribution in [0.2, 0.25) is 0 Å². The third-order valence-corrected chi connectivity index (χ3v) is 3.23. The fraction of sp³-hybridized carbons (Fsp3) is 0.375. The minimum absolute atomic E-state index is 0.646. The van der Waals surface area contributed by atoms with Crippen molar-refractivity contribution >= 4 is 5.82 Å². The van der Waals surface area contributed by atoms with Gasteiger partial charge >= 0.3 is 0 Å². The van der Waals surface area contributed by atoms with Gasteiger partial charge in [0.1, 0.15) is 5.82 Å². The molecule has 0 amide bonds. The van der Waals surface area contributed by atoms with Crippen LogP contribution in [-0.4, -0.2) is 16.6 Å². The second-order valence-corrected chi connectivity index (χ2v) is 4.69. The summed E-state index contributed by atoms with van der Waals surface area (Å²) in [4.78, 5) is 8.79. The van der Waals surface area contributed by atoms with Crippen LogP contribution in [0, 0.1) is 13.8 Å². The first-order valence-corrected chi connectivity index (χ1v) is 6.89. The van der Waals surface area contributed by atoms with Crippen molar-refractivity contribution in [2.75, 3.05) is 11.9 Å². The number of rotatable bonds is 6. The van der Waals surface area contributed by atoms with Crippen molar-refractivity contribution in [1.29, 1.82) is 0 Å². The molecule has 0 aliphatic carbocycles. The maximum Gasteiger partial charge on any atom is 0.145 e. The minimum atomic E-state index is 0.646. The van der Waals surface area contributed by atoms with E-state index >= 15 is 0 Å². The Hall–Kier alpha value is -1.94. The fourth-order valence-corrected chi connectivity index (χ4v) is 1.90. The largest absolute Gasteiger partial charge is 0.377 e. The lowest BCUT2D eigenvalue weighted by molar-refractivity contribution is 0.133. The third-order valence-electron chi connectivity index (χ3n) is 3.23. The van der Waals surface area contributed by atoms with Gasteiger partial charge in [0.25, 0.3) is 0 Å². The van der Waals surface area contributed by atoms with Gasteiger partial charge in [-0.2, -0.15) is 0 Å². The number of aryl methyl sites for hydroxylation is 2. The van der Waals surface area contributed by atoms with Gasteiger partial charge in [-0.1, -0.05) is 24.3 Å². The monoisotopic (exact) mass is 271 g/mol. The molecule has 0 aliphatic heterocycles. The van der Waals surface area contributed by atoms with Gasteiger partial charge in [0, 0.05) is 13.2 Å². The Bertz CT molecular complexity index is 569. The van der Waals surface area contributed by atoms with Crippen molar-refractivity contribution in [3.63, 3.8) is 0 Å². The number of nitrogens with one attached hydrogen (secondary N) is 1. The molecule has 0 saturated heterocycles. The summed E-state index contributed by atoms with van der Waals surface area (Å²) in [6.07, 6.45) is 1.77. The molecular formula is C16H21N3O. The normalized spacial score (nSPS) is 10.6. The quantitative estimate of drug-likeness (QED) is 0.876. The Morgan fingerprint density at radius 2 is 1.85 bits per heavy atom. The molecule has 0 fully saturated rings. The molecule has 4 heteroatoms. The summed E-state index contributed by atoms with van der Waals surface area (Å²) >= 11 is 0. The highest BCUT2D eigenvalue weighted by Gasteiger charge is 2.03. The number of anilines is 1. The van der Waals surface area contributed by atoms with E-state index < -0.39 is 0 Å². The zero-order valence-electron chi connectivity index (χ0n) is 12.3. The van der Waals surface area contributed by atoms with E-state index in [1.165, 1.54) is 11.1 Å². The van der Waals surface area contributed by atoms with Crippen molar-refractivity contribution < 1.29 is 4.74 Å². The average molecular weight is 271 g/mol. The van der Waals surface area contributed by atoms with E-state index in [4.69, 9.17) is 4.74 Å². The van der Waals surface area contributed by atoms with Gasteiger partial charge in [0.2, 0.25) is 0 Å². The first-order chi connectivity index (χ1) is 9.70. The van der Waals surface area contributed by atoms with Gasteiger partial charge in [-0.15, -0.1) is 0 Å². The molecular weight excluding hydrogens is 250 g/mol. The number of aromatic nitrogens is 2. The van der Waals surface area contributed by atoms with Gasteiger partial charge in [-0.05, 0) is 31.9 Å². The van der Waals surface area contributed by atoms with Crippen molar-refractivity contribution in [3.05, 3.63) is 53.0 Å². The molecule has 2 rings (SSSR count). The van der Waals surface area contributed by atoms with Crippen molar-refractivity contribution in [2.24, 2.45) is 0 Å². The Balaban J connectivity index is 2.04. The molecule has 0 spiro atoms. The highest BCUT2D eigenvalue weighted by Crippen LogP contribution is 2.13. The Labute approximate surface area is 120 Å². The second-order valence-electron chi connectivity index (χ2n) is 4.69. The number of hydrogen-bond acceptors (Lipinski definition) is 4. The van der Waals surface area contributed by atoms with Crippen LogP contribution in [0.5, 0.6) is 0 Å². The van der Waals surface area contributed by atoms with Crippen LogP contribution >= 0.6 is 0 Å². The minimum Gasteiger partial charge on any atom is -0.377 e. The molecule has 0 saturated carbocycles. The first-order valence-electron chi connectivity index (χ1n) is 6.89. The number of ether oxygens (including phenoxy) is 1. The van der Waals surface area contributed by atoms with E-state index in [-0.39, 0.29) is 0 Å². The molecule has 2 aromatic rings. The standard InChI is InChI=1S/C16H21N3O/c1-4-20-11-15-8-6-5-7-14(15)9-18-16-10-17-12(2)13(3)19-16/h5-8,10H,4,9,11H2,1-3H3,(H,18,19). The van der Waals surface area contributed by atoms with Crippen LogP contribution in [0.1, 0.15) is 29.4 Å². The van der Waals surface area contributed by atoms with E-state index in [1.807, 2.05) is 32.9 Å². The summed E-state index contributed by atoms with van der Waals surface area (Å²) in [6, 6.07) is 8.28. The Kier molecular flexibility index (Phi) is 5.07. The van der Waals surface area contributed by atoms with Crippen LogP contribution in [-0.2, 0) is 17.9 Å². The van der Waals surface area contributed by atoms with Crippen LogP contribution in [0.4, 0.5) is 5.82 Å². The highest BCUT2D eigenvalue weighted by atomic mass is 16.5. The van der Waals surface area contributed by atoms with Crippen LogP contribution < -0.4 is 5.32 Å². The summed E-state index contributed by atoms with van der Waals surface area (Å²) < 4.78 is 5.49. The van der Waals surface area contributed by atoms with Gasteiger partial charge in [-0.25, -0.2) is 4.98 Å². The maximum absolute atomic E-state index is 5.49. The lowest BCUT2D eigenvalue weighted by Gasteiger charge is -2.11. The number of nitrogens with zero attached hydrogens (tertiary/aromatic N) is 2. The molecule has 1 N–H and O–H groups in total. The summed E-state index contributed by atoms with van der Waals surface area (Å²) in [5.74, 6) is 0.805. The smallest absolute Gasteiger partial charge is 0.145 e. The van der Waals surface area contributed by atoms with E-state index in [2.05, 4.69) is 27.4 Å². The van der Waals surface area contributed by atoms with Gasteiger partial charge in [-0.3, -0.25) is 4.98 Å². The summed E-state index contributed by atoms with van der Waals surface area (Å²) in [7, 11) is 0. The third kappa shape index (κ3) is 3.78. The zero-order chi connectivity index (χ0) is 14.4. The van der Waals surface area contributed by atoms with Gasteiger partial charge < -0.3 is 10.1 Å². The number of hydrogen-bond donors (Lipinski definition) is 1. The lowest BCUT2D eigenvalue weighted by Crippen LogP contribution is -2.06. The summed E-state index contributed by atoms with van der Waals surface area (Å²) in [6.45, 7) is 8.03. The maximum atomic E-state index is 5.49. The van der Waals surface area contributed by atoms with Gasteiger partial charge in [0.15, 0.2) is 0 Å². The zero-order valence-corrected chi connectivity index (χ0v) is 12.3. The number of benzene rings is 1. The predicted molar refractivity (Wildman–Crippen MR) is 80.6 cm³/mol. The second kappa shape index (κ2) is 7.01. The van der Waals surface area contributed by atoms with Crippen LogP contribution in [0.15, 0.2) is 30.5 Å². The Morgan fingerprint density at radius 3 is 2.55 bits per heavy atom. The van der Waals surface area contributed by atoms with E-state index in [9.17, 15) is 0 Å². The molecule has 0 atom stereocenters. The van der Waals surface area contributed by atoms with Crippen LogP contribution in [0.25, 0.3) is 0 Å². The highest BCUT2D eigenvalue weighted by molar-refractivity contribution is 5.36. The van der Waals surface area contributed by atoms with Crippen molar-refractivity contribution in [2.45, 2.75) is 33.9 Å². The van der Waals surface area contributed by atoms with Gasteiger partial charge in [0.05, 0.1) is 24.2 Å². The summed E-state index contributed by atoms with van der Waals surface area (Å²) in [5.41, 5.74) is 4.35. The molecule has 4 nitrogen and oxygen atoms in total. The van der Waals surface area contributed by atoms with E-state index in [0.29, 0.717) is 6.61 Å². The summed E-state index contributed by atoms with van der Waals surface area (Å²) in [5, 5.41) is 3.32. The molecule has 1 aromatic carbocycles. The first kappa shape index (κ1) is 14.5. The van der Waals surface area contributed by atoms with Crippen molar-refractivity contribution in [1.82, 2.24) is 9.97 Å². The van der Waals surface area contributed by atoms with Crippen LogP contribution in [0.3, 0.4) is 0 Å². The van der Waals surface area contributed by atoms with E-state index in [0.717, 1.165) is 30.4 Å². The molecule has 0 aliphatic rings. The topological polar surface area (TPSA) is 47.0 Å². The molecule has 0 radical (unpaired) electrons. The molecule has 1 heterocycles. The van der Waals surface area contributed by atoms with Crippen molar-refractivity contribution in [3.8, 4) is 0 Å². The molecule has 106 valence electrons. The molecule has 0 bridgehead atoms.